The van der Waals surface area contributed by atoms with Crippen LogP contribution in [0, 0.1) is 5.92 Å². The SMILES string of the molecule is CS(=O)(=O)N1CCO[C@]2(CCC[C@H]2COCc2ccccn2)C1.O=C(O)C(F)(F)F. The van der Waals surface area contributed by atoms with Gasteiger partial charge in [-0.15, -0.1) is 0 Å². The number of carboxylic acid groups (broad SMARTS) is 1. The number of nitrogens with zero attached hydrogens (tertiary/aromatic N) is 2. The van der Waals surface area contributed by atoms with Crippen LogP contribution in [0.3, 0.4) is 0 Å². The lowest BCUT2D eigenvalue weighted by molar-refractivity contribution is -0.192. The largest absolute Gasteiger partial charge is 0.490 e. The number of rotatable bonds is 5. The number of morpholine rings is 1. The first-order valence-electron chi connectivity index (χ1n) is 9.31. The highest BCUT2D eigenvalue weighted by molar-refractivity contribution is 7.88. The van der Waals surface area contributed by atoms with E-state index in [0.717, 1.165) is 25.0 Å². The lowest BCUT2D eigenvalue weighted by Gasteiger charge is -2.43. The van der Waals surface area contributed by atoms with Crippen molar-refractivity contribution < 1.29 is 41.0 Å². The Labute approximate surface area is 173 Å². The molecule has 3 rings (SSSR count). The van der Waals surface area contributed by atoms with E-state index in [2.05, 4.69) is 4.98 Å². The zero-order chi connectivity index (χ0) is 22.4. The van der Waals surface area contributed by atoms with Crippen molar-refractivity contribution in [1.82, 2.24) is 9.29 Å². The molecule has 1 aromatic rings. The molecule has 1 aromatic heterocycles. The maximum absolute atomic E-state index is 11.9. The second-order valence-corrected chi connectivity index (χ2v) is 9.22. The Balaban J connectivity index is 0.000000396. The van der Waals surface area contributed by atoms with Gasteiger partial charge in [0, 0.05) is 25.2 Å². The molecule has 1 spiro atoms. The number of carboxylic acids is 1. The Morgan fingerprint density at radius 1 is 1.43 bits per heavy atom. The Morgan fingerprint density at radius 3 is 2.70 bits per heavy atom. The first-order valence-corrected chi connectivity index (χ1v) is 11.2. The molecule has 0 unspecified atom stereocenters. The molecule has 0 bridgehead atoms. The van der Waals surface area contributed by atoms with Crippen LogP contribution in [0.2, 0.25) is 0 Å². The molecule has 1 saturated heterocycles. The highest BCUT2D eigenvalue weighted by Gasteiger charge is 2.48. The second-order valence-electron chi connectivity index (χ2n) is 7.24. The third-order valence-electron chi connectivity index (χ3n) is 5.08. The number of halogens is 3. The molecule has 2 heterocycles. The van der Waals surface area contributed by atoms with Crippen molar-refractivity contribution >= 4 is 16.0 Å². The van der Waals surface area contributed by atoms with Crippen LogP contribution in [0.1, 0.15) is 25.0 Å². The number of hydrogen-bond acceptors (Lipinski definition) is 6. The van der Waals surface area contributed by atoms with E-state index in [4.69, 9.17) is 19.4 Å². The molecule has 1 N–H and O–H groups in total. The fourth-order valence-electron chi connectivity index (χ4n) is 3.59. The summed E-state index contributed by atoms with van der Waals surface area (Å²) in [5, 5.41) is 7.12. The molecule has 170 valence electrons. The summed E-state index contributed by atoms with van der Waals surface area (Å²) >= 11 is 0. The predicted molar refractivity (Wildman–Crippen MR) is 100 cm³/mol. The zero-order valence-corrected chi connectivity index (χ0v) is 17.3. The molecule has 12 heteroatoms. The van der Waals surface area contributed by atoms with E-state index in [1.54, 1.807) is 10.5 Å². The van der Waals surface area contributed by atoms with Crippen molar-refractivity contribution in [2.45, 2.75) is 37.6 Å². The minimum absolute atomic E-state index is 0.232. The number of aliphatic carboxylic acids is 1. The van der Waals surface area contributed by atoms with E-state index in [1.165, 1.54) is 6.26 Å². The van der Waals surface area contributed by atoms with Gasteiger partial charge in [-0.2, -0.15) is 17.5 Å². The number of alkyl halides is 3. The maximum atomic E-state index is 11.9. The fourth-order valence-corrected chi connectivity index (χ4v) is 4.45. The fraction of sp³-hybridized carbons (Fsp3) is 0.667. The summed E-state index contributed by atoms with van der Waals surface area (Å²) in [5.41, 5.74) is 0.521. The Bertz CT molecular complexity index is 806. The Kier molecular flexibility index (Phi) is 8.20. The van der Waals surface area contributed by atoms with Gasteiger partial charge in [0.2, 0.25) is 10.0 Å². The Morgan fingerprint density at radius 2 is 2.13 bits per heavy atom. The van der Waals surface area contributed by atoms with Gasteiger partial charge in [0.25, 0.3) is 0 Å². The van der Waals surface area contributed by atoms with Gasteiger partial charge in [-0.1, -0.05) is 12.5 Å². The van der Waals surface area contributed by atoms with Crippen molar-refractivity contribution in [3.8, 4) is 0 Å². The zero-order valence-electron chi connectivity index (χ0n) is 16.5. The molecular weight excluding hydrogens is 429 g/mol. The van der Waals surface area contributed by atoms with Crippen LogP contribution in [0.4, 0.5) is 13.2 Å². The van der Waals surface area contributed by atoms with Crippen LogP contribution in [0.25, 0.3) is 0 Å². The number of sulfonamides is 1. The normalized spacial score (nSPS) is 25.0. The standard InChI is InChI=1S/C16H24N2O4S.C2HF3O2/c1-23(19,20)18-9-10-22-16(13-18)7-4-5-14(16)11-21-12-15-6-2-3-8-17-15;3-2(4,5)1(6)7/h2-3,6,8,14H,4-5,7,9-13H2,1H3;(H,6,7)/t14-,16+;/m0./s1. The van der Waals surface area contributed by atoms with Gasteiger partial charge in [-0.05, 0) is 25.0 Å². The van der Waals surface area contributed by atoms with E-state index < -0.39 is 22.2 Å². The third kappa shape index (κ3) is 6.89. The van der Waals surface area contributed by atoms with Gasteiger partial charge in [0.1, 0.15) is 0 Å². The average molecular weight is 454 g/mol. The first kappa shape index (κ1) is 24.5. The lowest BCUT2D eigenvalue weighted by Crippen LogP contribution is -2.55. The Hall–Kier alpha value is -1.76. The lowest BCUT2D eigenvalue weighted by atomic mass is 9.90. The second kappa shape index (κ2) is 10.0. The quantitative estimate of drug-likeness (QED) is 0.726. The van der Waals surface area contributed by atoms with Crippen LogP contribution in [0.15, 0.2) is 24.4 Å². The molecule has 2 fully saturated rings. The highest BCUT2D eigenvalue weighted by Crippen LogP contribution is 2.41. The molecular formula is C18H25F3N2O6S. The van der Waals surface area contributed by atoms with E-state index in [-0.39, 0.29) is 11.5 Å². The molecule has 0 aromatic carbocycles. The topological polar surface area (TPSA) is 106 Å². The van der Waals surface area contributed by atoms with E-state index in [0.29, 0.717) is 32.9 Å². The monoisotopic (exact) mass is 454 g/mol. The molecule has 2 atom stereocenters. The van der Waals surface area contributed by atoms with E-state index >= 15 is 0 Å². The van der Waals surface area contributed by atoms with Crippen molar-refractivity contribution in [2.75, 3.05) is 32.6 Å². The van der Waals surface area contributed by atoms with E-state index in [1.807, 2.05) is 18.2 Å². The minimum atomic E-state index is -5.08. The number of pyridine rings is 1. The van der Waals surface area contributed by atoms with Gasteiger partial charge < -0.3 is 14.6 Å². The molecule has 1 aliphatic carbocycles. The van der Waals surface area contributed by atoms with Crippen molar-refractivity contribution in [3.05, 3.63) is 30.1 Å². The van der Waals surface area contributed by atoms with Gasteiger partial charge in [0.05, 0.1) is 37.4 Å². The number of aromatic nitrogens is 1. The first-order chi connectivity index (χ1) is 13.9. The summed E-state index contributed by atoms with van der Waals surface area (Å²) in [6, 6.07) is 5.76. The van der Waals surface area contributed by atoms with Gasteiger partial charge in [0.15, 0.2) is 0 Å². The maximum Gasteiger partial charge on any atom is 0.490 e. The van der Waals surface area contributed by atoms with E-state index in [9.17, 15) is 21.6 Å². The van der Waals surface area contributed by atoms with Crippen LogP contribution < -0.4 is 0 Å². The van der Waals surface area contributed by atoms with Crippen molar-refractivity contribution in [3.63, 3.8) is 0 Å². The number of ether oxygens (including phenoxy) is 2. The summed E-state index contributed by atoms with van der Waals surface area (Å²) in [6.07, 6.45) is 0.906. The molecule has 30 heavy (non-hydrogen) atoms. The average Bonchev–Trinajstić information content (AvgIpc) is 3.03. The summed E-state index contributed by atoms with van der Waals surface area (Å²) in [4.78, 5) is 13.1. The van der Waals surface area contributed by atoms with Gasteiger partial charge in [-0.3, -0.25) is 4.98 Å². The van der Waals surface area contributed by atoms with Crippen molar-refractivity contribution in [1.29, 1.82) is 0 Å². The predicted octanol–water partition coefficient (Wildman–Crippen LogP) is 2.06. The van der Waals surface area contributed by atoms with Crippen LogP contribution in [-0.4, -0.2) is 73.1 Å². The molecule has 0 radical (unpaired) electrons. The minimum Gasteiger partial charge on any atom is -0.475 e. The molecule has 1 saturated carbocycles. The summed E-state index contributed by atoms with van der Waals surface area (Å²) < 4.78 is 68.9. The summed E-state index contributed by atoms with van der Waals surface area (Å²) in [7, 11) is -3.17. The van der Waals surface area contributed by atoms with Crippen molar-refractivity contribution in [2.24, 2.45) is 5.92 Å². The molecule has 8 nitrogen and oxygen atoms in total. The highest BCUT2D eigenvalue weighted by atomic mass is 32.2. The third-order valence-corrected chi connectivity index (χ3v) is 6.33. The summed E-state index contributed by atoms with van der Waals surface area (Å²) in [5.74, 6) is -2.52. The molecule has 0 amide bonds. The van der Waals surface area contributed by atoms with Crippen LogP contribution in [0.5, 0.6) is 0 Å². The van der Waals surface area contributed by atoms with Gasteiger partial charge in [-0.25, -0.2) is 13.2 Å². The smallest absolute Gasteiger partial charge is 0.475 e. The number of carbonyl (C=O) groups is 1. The molecule has 2 aliphatic rings. The van der Waals surface area contributed by atoms with Crippen LogP contribution >= 0.6 is 0 Å². The molecule has 1 aliphatic heterocycles. The van der Waals surface area contributed by atoms with Gasteiger partial charge >= 0.3 is 12.1 Å². The number of hydrogen-bond donors (Lipinski definition) is 1. The van der Waals surface area contributed by atoms with Crippen LogP contribution in [-0.2, 0) is 30.9 Å². The summed E-state index contributed by atoms with van der Waals surface area (Å²) in [6.45, 7) is 2.41.